The molecule has 3 rings (SSSR count). The van der Waals surface area contributed by atoms with Crippen molar-refractivity contribution >= 4 is 11.6 Å². The lowest BCUT2D eigenvalue weighted by atomic mass is 9.96. The Morgan fingerprint density at radius 2 is 0.958 bits per heavy atom. The Labute approximate surface area is 138 Å². The molecule has 0 saturated carbocycles. The maximum Gasteiger partial charge on any atom is 0.196 e. The number of ketones is 2. The van der Waals surface area contributed by atoms with Gasteiger partial charge in [-0.15, -0.1) is 0 Å². The molecule has 0 spiro atoms. The molecule has 0 amide bonds. The summed E-state index contributed by atoms with van der Waals surface area (Å²) in [5.41, 5.74) is 0.713. The predicted octanol–water partition coefficient (Wildman–Crippen LogP) is 3.56. The monoisotopic (exact) mass is 318 g/mol. The van der Waals surface area contributed by atoms with Crippen molar-refractivity contribution in [2.45, 2.75) is 0 Å². The molecule has 0 aliphatic rings. The van der Waals surface area contributed by atoms with E-state index in [4.69, 9.17) is 0 Å². The minimum atomic E-state index is -0.421. The first-order valence-electron chi connectivity index (χ1n) is 7.33. The molecule has 3 aromatic rings. The van der Waals surface area contributed by atoms with E-state index in [1.165, 1.54) is 6.07 Å². The quantitative estimate of drug-likeness (QED) is 0.721. The van der Waals surface area contributed by atoms with E-state index in [0.29, 0.717) is 11.1 Å². The second-order valence-electron chi connectivity index (χ2n) is 5.28. The molecular weight excluding hydrogens is 304 g/mol. The van der Waals surface area contributed by atoms with Gasteiger partial charge in [-0.05, 0) is 6.07 Å². The molecule has 0 fully saturated rings. The SMILES string of the molecule is O=C(c1ccccc1)c1cc(C(=O)c2ccccc2)c(O)cc1O. The van der Waals surface area contributed by atoms with Gasteiger partial charge >= 0.3 is 0 Å². The van der Waals surface area contributed by atoms with Gasteiger partial charge in [-0.1, -0.05) is 60.7 Å². The zero-order chi connectivity index (χ0) is 17.1. The largest absolute Gasteiger partial charge is 0.507 e. The highest BCUT2D eigenvalue weighted by molar-refractivity contribution is 6.15. The van der Waals surface area contributed by atoms with Gasteiger partial charge in [-0.2, -0.15) is 0 Å². The van der Waals surface area contributed by atoms with Gasteiger partial charge in [0.15, 0.2) is 11.6 Å². The summed E-state index contributed by atoms with van der Waals surface area (Å²) >= 11 is 0. The van der Waals surface area contributed by atoms with Crippen molar-refractivity contribution in [1.29, 1.82) is 0 Å². The number of carbonyl (C=O) groups is 2. The third-order valence-corrected chi connectivity index (χ3v) is 3.68. The highest BCUT2D eigenvalue weighted by atomic mass is 16.3. The van der Waals surface area contributed by atoms with Crippen LogP contribution in [0, 0.1) is 0 Å². The molecular formula is C20H14O4. The van der Waals surface area contributed by atoms with Gasteiger partial charge in [-0.25, -0.2) is 0 Å². The second kappa shape index (κ2) is 6.38. The Morgan fingerprint density at radius 3 is 1.33 bits per heavy atom. The van der Waals surface area contributed by atoms with Crippen LogP contribution in [0.15, 0.2) is 72.8 Å². The van der Waals surface area contributed by atoms with Crippen molar-refractivity contribution in [3.63, 3.8) is 0 Å². The molecule has 0 bridgehead atoms. The fraction of sp³-hybridized carbons (Fsp3) is 0. The number of aromatic hydroxyl groups is 2. The minimum absolute atomic E-state index is 0.0294. The van der Waals surface area contributed by atoms with Crippen molar-refractivity contribution in [3.8, 4) is 11.5 Å². The molecule has 4 heteroatoms. The normalized spacial score (nSPS) is 10.3. The van der Waals surface area contributed by atoms with E-state index < -0.39 is 11.6 Å². The molecule has 0 saturated heterocycles. The van der Waals surface area contributed by atoms with Crippen LogP contribution in [0.1, 0.15) is 31.8 Å². The highest BCUT2D eigenvalue weighted by Gasteiger charge is 2.20. The van der Waals surface area contributed by atoms with E-state index in [-0.39, 0.29) is 22.6 Å². The first-order chi connectivity index (χ1) is 11.6. The molecule has 0 unspecified atom stereocenters. The van der Waals surface area contributed by atoms with Crippen molar-refractivity contribution in [2.75, 3.05) is 0 Å². The van der Waals surface area contributed by atoms with Crippen molar-refractivity contribution in [2.24, 2.45) is 0 Å². The van der Waals surface area contributed by atoms with E-state index in [9.17, 15) is 19.8 Å². The summed E-state index contributed by atoms with van der Waals surface area (Å²) in [4.78, 5) is 25.1. The molecule has 24 heavy (non-hydrogen) atoms. The maximum atomic E-state index is 12.5. The van der Waals surface area contributed by atoms with Gasteiger partial charge in [0.2, 0.25) is 0 Å². The zero-order valence-electron chi connectivity index (χ0n) is 12.6. The molecule has 0 radical (unpaired) electrons. The van der Waals surface area contributed by atoms with Crippen molar-refractivity contribution in [3.05, 3.63) is 95.1 Å². The summed E-state index contributed by atoms with van der Waals surface area (Å²) in [6.45, 7) is 0. The fourth-order valence-corrected chi connectivity index (χ4v) is 2.43. The zero-order valence-corrected chi connectivity index (χ0v) is 12.6. The molecule has 4 nitrogen and oxygen atoms in total. The molecule has 3 aromatic carbocycles. The van der Waals surface area contributed by atoms with E-state index in [1.54, 1.807) is 60.7 Å². The first kappa shape index (κ1) is 15.5. The maximum absolute atomic E-state index is 12.5. The molecule has 0 aliphatic heterocycles. The molecule has 118 valence electrons. The summed E-state index contributed by atoms with van der Waals surface area (Å²) < 4.78 is 0. The highest BCUT2D eigenvalue weighted by Crippen LogP contribution is 2.30. The Hall–Kier alpha value is -3.40. The molecule has 0 heterocycles. The molecule has 0 atom stereocenters. The lowest BCUT2D eigenvalue weighted by molar-refractivity contribution is 0.103. The van der Waals surface area contributed by atoms with E-state index >= 15 is 0 Å². The third kappa shape index (κ3) is 2.90. The average Bonchev–Trinajstić information content (AvgIpc) is 2.62. The van der Waals surface area contributed by atoms with Gasteiger partial charge in [-0.3, -0.25) is 9.59 Å². The number of benzene rings is 3. The number of hydrogen-bond donors (Lipinski definition) is 2. The van der Waals surface area contributed by atoms with Crippen LogP contribution in [0.5, 0.6) is 11.5 Å². The predicted molar refractivity (Wildman–Crippen MR) is 89.5 cm³/mol. The number of phenolic OH excluding ortho intramolecular Hbond substituents is 2. The van der Waals surface area contributed by atoms with E-state index in [2.05, 4.69) is 0 Å². The fourth-order valence-electron chi connectivity index (χ4n) is 2.43. The Balaban J connectivity index is 2.07. The van der Waals surface area contributed by atoms with Gasteiger partial charge in [0, 0.05) is 17.2 Å². The van der Waals surface area contributed by atoms with E-state index in [1.807, 2.05) is 0 Å². The van der Waals surface area contributed by atoms with Gasteiger partial charge in [0.05, 0.1) is 11.1 Å². The topological polar surface area (TPSA) is 74.6 Å². The lowest BCUT2D eigenvalue weighted by Crippen LogP contribution is -2.06. The number of phenols is 2. The van der Waals surface area contributed by atoms with Crippen molar-refractivity contribution in [1.82, 2.24) is 0 Å². The van der Waals surface area contributed by atoms with Crippen LogP contribution < -0.4 is 0 Å². The number of hydrogen-bond acceptors (Lipinski definition) is 4. The Bertz CT molecular complexity index is 827. The lowest BCUT2D eigenvalue weighted by Gasteiger charge is -2.09. The summed E-state index contributed by atoms with van der Waals surface area (Å²) in [7, 11) is 0. The number of carbonyl (C=O) groups excluding carboxylic acids is 2. The van der Waals surface area contributed by atoms with Crippen LogP contribution in [0.3, 0.4) is 0 Å². The molecule has 0 aliphatic carbocycles. The van der Waals surface area contributed by atoms with Crippen molar-refractivity contribution < 1.29 is 19.8 Å². The summed E-state index contributed by atoms with van der Waals surface area (Å²) in [5.74, 6) is -1.58. The number of rotatable bonds is 4. The van der Waals surface area contributed by atoms with Crippen LogP contribution in [0.25, 0.3) is 0 Å². The second-order valence-corrected chi connectivity index (χ2v) is 5.28. The van der Waals surface area contributed by atoms with Gasteiger partial charge in [0.25, 0.3) is 0 Å². The van der Waals surface area contributed by atoms with Crippen LogP contribution in [-0.2, 0) is 0 Å². The Morgan fingerprint density at radius 1 is 0.583 bits per heavy atom. The standard InChI is InChI=1S/C20H14O4/c21-17-12-18(22)16(20(24)14-9-5-2-6-10-14)11-15(17)19(23)13-7-3-1-4-8-13/h1-12,21-22H. The summed E-state index contributed by atoms with van der Waals surface area (Å²) in [6, 6.07) is 19.1. The first-order valence-corrected chi connectivity index (χ1v) is 7.33. The molecule has 2 N–H and O–H groups in total. The summed E-state index contributed by atoms with van der Waals surface area (Å²) in [6.07, 6.45) is 0. The van der Waals surface area contributed by atoms with Crippen LogP contribution in [0.2, 0.25) is 0 Å². The smallest absolute Gasteiger partial charge is 0.196 e. The third-order valence-electron chi connectivity index (χ3n) is 3.68. The Kier molecular flexibility index (Phi) is 4.12. The van der Waals surface area contributed by atoms with Crippen LogP contribution in [-0.4, -0.2) is 21.8 Å². The van der Waals surface area contributed by atoms with Gasteiger partial charge in [0.1, 0.15) is 11.5 Å². The van der Waals surface area contributed by atoms with E-state index in [0.717, 1.165) is 6.07 Å². The van der Waals surface area contributed by atoms with Gasteiger partial charge < -0.3 is 10.2 Å². The van der Waals surface area contributed by atoms with Crippen LogP contribution >= 0.6 is 0 Å². The van der Waals surface area contributed by atoms with Crippen LogP contribution in [0.4, 0.5) is 0 Å². The summed E-state index contributed by atoms with van der Waals surface area (Å²) in [5, 5.41) is 20.0. The minimum Gasteiger partial charge on any atom is -0.507 e. The molecule has 0 aromatic heterocycles. The average molecular weight is 318 g/mol.